The van der Waals surface area contributed by atoms with Gasteiger partial charge in [0.15, 0.2) is 0 Å². The number of terminal acetylenes is 1. The zero-order chi connectivity index (χ0) is 11.0. The molecule has 0 aromatic heterocycles. The molecule has 14 heavy (non-hydrogen) atoms. The van der Waals surface area contributed by atoms with Crippen LogP contribution in [0.4, 0.5) is 0 Å². The quantitative estimate of drug-likeness (QED) is 0.406. The average Bonchev–Trinajstić information content (AvgIpc) is 2.12. The first-order chi connectivity index (χ1) is 6.52. The van der Waals surface area contributed by atoms with Crippen molar-refractivity contribution in [2.45, 2.75) is 45.6 Å². The Bertz CT molecular complexity index is 232. The largest absolute Gasteiger partial charge is 0.328 e. The molecule has 82 valence electrons. The molecule has 0 amide bonds. The van der Waals surface area contributed by atoms with Gasteiger partial charge in [0.2, 0.25) is 0 Å². The summed E-state index contributed by atoms with van der Waals surface area (Å²) in [7, 11) is -3.37. The molecule has 0 heterocycles. The lowest BCUT2D eigenvalue weighted by atomic mass is 10.3. The molecule has 0 aliphatic heterocycles. The molecule has 0 radical (unpaired) electrons. The number of rotatable bonds is 7. The van der Waals surface area contributed by atoms with Crippen molar-refractivity contribution in [2.24, 2.45) is 0 Å². The third-order valence-electron chi connectivity index (χ3n) is 1.93. The van der Waals surface area contributed by atoms with E-state index in [1.54, 1.807) is 6.92 Å². The van der Waals surface area contributed by atoms with Crippen LogP contribution >= 0.6 is 7.60 Å². The molecule has 0 saturated heterocycles. The molecule has 0 saturated carbocycles. The Labute approximate surface area is 86.4 Å². The van der Waals surface area contributed by atoms with E-state index in [0.717, 1.165) is 12.8 Å². The average molecular weight is 218 g/mol. The molecule has 0 rings (SSSR count). The maximum absolute atomic E-state index is 11.4. The van der Waals surface area contributed by atoms with Gasteiger partial charge in [-0.1, -0.05) is 6.92 Å². The van der Waals surface area contributed by atoms with E-state index in [1.165, 1.54) is 0 Å². The minimum absolute atomic E-state index is 0.154. The van der Waals surface area contributed by atoms with E-state index in [9.17, 15) is 9.46 Å². The van der Waals surface area contributed by atoms with Crippen LogP contribution in [0.5, 0.6) is 0 Å². The van der Waals surface area contributed by atoms with Crippen LogP contribution in [0.1, 0.15) is 39.5 Å². The maximum Gasteiger partial charge on any atom is 0.328 e. The smallest absolute Gasteiger partial charge is 0.324 e. The fraction of sp³-hybridized carbons (Fsp3) is 0.800. The van der Waals surface area contributed by atoms with E-state index < -0.39 is 7.60 Å². The number of hydrogen-bond donors (Lipinski definition) is 1. The van der Waals surface area contributed by atoms with Gasteiger partial charge in [0.25, 0.3) is 0 Å². The van der Waals surface area contributed by atoms with E-state index in [4.69, 9.17) is 10.9 Å². The lowest BCUT2D eigenvalue weighted by molar-refractivity contribution is 0.185. The van der Waals surface area contributed by atoms with E-state index >= 15 is 0 Å². The third-order valence-corrected chi connectivity index (χ3v) is 3.50. The van der Waals surface area contributed by atoms with Crippen LogP contribution in [0.25, 0.3) is 0 Å². The molecule has 4 heteroatoms. The second-order valence-electron chi connectivity index (χ2n) is 3.35. The summed E-state index contributed by atoms with van der Waals surface area (Å²) in [6.45, 7) is 3.72. The van der Waals surface area contributed by atoms with E-state index in [1.807, 2.05) is 6.92 Å². The van der Waals surface area contributed by atoms with Crippen LogP contribution < -0.4 is 0 Å². The van der Waals surface area contributed by atoms with Gasteiger partial charge in [-0.2, -0.15) is 0 Å². The topological polar surface area (TPSA) is 46.5 Å². The predicted molar refractivity (Wildman–Crippen MR) is 58.2 cm³/mol. The second-order valence-corrected chi connectivity index (χ2v) is 5.28. The first-order valence-corrected chi connectivity index (χ1v) is 6.71. The monoisotopic (exact) mass is 218 g/mol. The number of hydrogen-bond acceptors (Lipinski definition) is 2. The lowest BCUT2D eigenvalue weighted by Gasteiger charge is -2.16. The molecule has 0 bridgehead atoms. The maximum atomic E-state index is 11.4. The normalized spacial score (nSPS) is 17.0. The highest BCUT2D eigenvalue weighted by Gasteiger charge is 2.20. The van der Waals surface area contributed by atoms with Gasteiger partial charge in [-0.3, -0.25) is 4.57 Å². The Morgan fingerprint density at radius 2 is 2.21 bits per heavy atom. The molecule has 2 atom stereocenters. The molecule has 0 aliphatic rings. The molecule has 2 unspecified atom stereocenters. The summed E-state index contributed by atoms with van der Waals surface area (Å²) in [5.74, 6) is 2.49. The summed E-state index contributed by atoms with van der Waals surface area (Å²) in [5.41, 5.74) is 0. The van der Waals surface area contributed by atoms with E-state index in [-0.39, 0.29) is 12.3 Å². The van der Waals surface area contributed by atoms with Crippen molar-refractivity contribution in [2.75, 3.05) is 6.16 Å². The van der Waals surface area contributed by atoms with Crippen molar-refractivity contribution in [3.05, 3.63) is 0 Å². The molecule has 0 aromatic carbocycles. The minimum Gasteiger partial charge on any atom is -0.324 e. The predicted octanol–water partition coefficient (Wildman–Crippen LogP) is 2.79. The Kier molecular flexibility index (Phi) is 6.92. The lowest BCUT2D eigenvalue weighted by Crippen LogP contribution is -2.06. The zero-order valence-corrected chi connectivity index (χ0v) is 9.80. The van der Waals surface area contributed by atoms with E-state index in [2.05, 4.69) is 5.92 Å². The summed E-state index contributed by atoms with van der Waals surface area (Å²) in [6.07, 6.45) is 7.95. The van der Waals surface area contributed by atoms with Gasteiger partial charge in [-0.05, 0) is 26.2 Å². The van der Waals surface area contributed by atoms with Gasteiger partial charge >= 0.3 is 7.60 Å². The van der Waals surface area contributed by atoms with Gasteiger partial charge in [0.05, 0.1) is 12.3 Å². The minimum atomic E-state index is -3.37. The van der Waals surface area contributed by atoms with Crippen molar-refractivity contribution in [1.82, 2.24) is 0 Å². The van der Waals surface area contributed by atoms with Gasteiger partial charge < -0.3 is 9.42 Å². The first kappa shape index (κ1) is 13.7. The van der Waals surface area contributed by atoms with Crippen molar-refractivity contribution >= 4 is 7.60 Å². The summed E-state index contributed by atoms with van der Waals surface area (Å²) in [5, 5.41) is 0. The Balaban J connectivity index is 3.73. The first-order valence-electron chi connectivity index (χ1n) is 4.95. The van der Waals surface area contributed by atoms with Crippen LogP contribution in [0.15, 0.2) is 0 Å². The molecule has 0 fully saturated rings. The highest BCUT2D eigenvalue weighted by molar-refractivity contribution is 7.52. The van der Waals surface area contributed by atoms with Gasteiger partial charge in [0, 0.05) is 6.42 Å². The molecular formula is C10H19O3P. The summed E-state index contributed by atoms with van der Waals surface area (Å²) < 4.78 is 16.5. The van der Waals surface area contributed by atoms with Crippen molar-refractivity contribution < 1.29 is 14.0 Å². The van der Waals surface area contributed by atoms with Gasteiger partial charge in [-0.25, -0.2) is 0 Å². The van der Waals surface area contributed by atoms with Crippen LogP contribution in [0.2, 0.25) is 0 Å². The van der Waals surface area contributed by atoms with Crippen molar-refractivity contribution in [3.63, 3.8) is 0 Å². The third kappa shape index (κ3) is 7.15. The molecule has 0 spiro atoms. The van der Waals surface area contributed by atoms with Gasteiger partial charge in [-0.15, -0.1) is 12.3 Å². The summed E-state index contributed by atoms with van der Waals surface area (Å²) >= 11 is 0. The van der Waals surface area contributed by atoms with Crippen LogP contribution in [-0.4, -0.2) is 17.2 Å². The highest BCUT2D eigenvalue weighted by Crippen LogP contribution is 2.44. The van der Waals surface area contributed by atoms with Crippen molar-refractivity contribution in [1.29, 1.82) is 0 Å². The Morgan fingerprint density at radius 1 is 1.57 bits per heavy atom. The molecular weight excluding hydrogens is 199 g/mol. The summed E-state index contributed by atoms with van der Waals surface area (Å²) in [6, 6.07) is 0. The van der Waals surface area contributed by atoms with Gasteiger partial charge in [0.1, 0.15) is 0 Å². The van der Waals surface area contributed by atoms with E-state index in [0.29, 0.717) is 12.8 Å². The summed E-state index contributed by atoms with van der Waals surface area (Å²) in [4.78, 5) is 9.40. The SMILES string of the molecule is C#CCCCCP(=O)(O)OC(C)CC. The number of unbranched alkanes of at least 4 members (excludes halogenated alkanes) is 2. The molecule has 1 N–H and O–H groups in total. The highest BCUT2D eigenvalue weighted by atomic mass is 31.2. The Hall–Kier alpha value is -0.290. The van der Waals surface area contributed by atoms with Crippen LogP contribution in [-0.2, 0) is 9.09 Å². The fourth-order valence-electron chi connectivity index (χ4n) is 0.947. The Morgan fingerprint density at radius 3 is 2.71 bits per heavy atom. The van der Waals surface area contributed by atoms with Crippen LogP contribution in [0.3, 0.4) is 0 Å². The second kappa shape index (κ2) is 7.06. The molecule has 0 aromatic rings. The molecule has 3 nitrogen and oxygen atoms in total. The zero-order valence-electron chi connectivity index (χ0n) is 8.90. The van der Waals surface area contributed by atoms with Crippen LogP contribution in [0, 0.1) is 12.3 Å². The molecule has 0 aliphatic carbocycles. The van der Waals surface area contributed by atoms with Crippen molar-refractivity contribution in [3.8, 4) is 12.3 Å². The standard InChI is InChI=1S/C10H19O3P/c1-4-6-7-8-9-14(11,12)13-10(3)5-2/h1,10H,5-9H2,2-3H3,(H,11,12). The fourth-order valence-corrected chi connectivity index (χ4v) is 2.39.